The molecule has 0 amide bonds. The van der Waals surface area contributed by atoms with Crippen LogP contribution in [0.3, 0.4) is 0 Å². The van der Waals surface area contributed by atoms with E-state index in [9.17, 15) is 4.21 Å². The van der Waals surface area contributed by atoms with Crippen LogP contribution in [0, 0.1) is 5.92 Å². The van der Waals surface area contributed by atoms with Gasteiger partial charge in [-0.25, -0.2) is 4.21 Å². The summed E-state index contributed by atoms with van der Waals surface area (Å²) in [4.78, 5) is 1.37. The normalized spacial score (nSPS) is 34.3. The Hall–Kier alpha value is 0.0300. The summed E-state index contributed by atoms with van der Waals surface area (Å²) in [5, 5.41) is -0.0549. The Kier molecular flexibility index (Phi) is 5.18. The number of quaternary nitrogens is 1. The molecular formula is C10H22NO3S+. The molecular weight excluding hydrogens is 214 g/mol. The molecule has 1 rings (SSSR count). The van der Waals surface area contributed by atoms with Crippen molar-refractivity contribution < 1.29 is 18.4 Å². The molecule has 1 aliphatic carbocycles. The first-order valence-electron chi connectivity index (χ1n) is 5.46. The van der Waals surface area contributed by atoms with Gasteiger partial charge in [-0.1, -0.05) is 0 Å². The highest BCUT2D eigenvalue weighted by Gasteiger charge is 2.34. The topological polar surface area (TPSA) is 51.0 Å². The molecule has 0 aromatic rings. The molecule has 0 spiro atoms. The van der Waals surface area contributed by atoms with Gasteiger partial charge in [0.25, 0.3) is 0 Å². The number of methoxy groups -OCH3 is 1. The van der Waals surface area contributed by atoms with Gasteiger partial charge in [-0.3, -0.25) is 0 Å². The lowest BCUT2D eigenvalue weighted by molar-refractivity contribution is -0.862. The highest BCUT2D eigenvalue weighted by molar-refractivity contribution is 7.79. The zero-order chi connectivity index (χ0) is 11.4. The zero-order valence-electron chi connectivity index (χ0n) is 9.73. The van der Waals surface area contributed by atoms with Gasteiger partial charge in [0.1, 0.15) is 0 Å². The maximum absolute atomic E-state index is 11.0. The number of ether oxygens (including phenoxy) is 1. The monoisotopic (exact) mass is 236 g/mol. The Morgan fingerprint density at radius 1 is 1.47 bits per heavy atom. The zero-order valence-corrected chi connectivity index (χ0v) is 10.5. The first-order chi connectivity index (χ1) is 7.04. The van der Waals surface area contributed by atoms with Crippen molar-refractivity contribution in [3.05, 3.63) is 0 Å². The van der Waals surface area contributed by atoms with Crippen molar-refractivity contribution in [1.82, 2.24) is 0 Å². The Balaban J connectivity index is 2.56. The molecule has 15 heavy (non-hydrogen) atoms. The molecule has 0 radical (unpaired) electrons. The average molecular weight is 236 g/mol. The van der Waals surface area contributed by atoms with Crippen molar-refractivity contribution in [2.75, 3.05) is 27.7 Å². The lowest BCUT2D eigenvalue weighted by atomic mass is 9.85. The quantitative estimate of drug-likeness (QED) is 0.649. The third-order valence-electron chi connectivity index (χ3n) is 3.12. The van der Waals surface area contributed by atoms with Gasteiger partial charge in [-0.15, -0.1) is 0 Å². The number of nitrogens with one attached hydrogen (secondary N) is 1. The van der Waals surface area contributed by atoms with E-state index in [0.717, 1.165) is 25.8 Å². The second kappa shape index (κ2) is 5.94. The van der Waals surface area contributed by atoms with Crippen molar-refractivity contribution in [2.24, 2.45) is 5.92 Å². The molecule has 0 aliphatic heterocycles. The van der Waals surface area contributed by atoms with Gasteiger partial charge < -0.3 is 14.2 Å². The van der Waals surface area contributed by atoms with Crippen molar-refractivity contribution in [3.8, 4) is 0 Å². The van der Waals surface area contributed by atoms with Gasteiger partial charge in [-0.2, -0.15) is 0 Å². The molecule has 2 N–H and O–H groups in total. The summed E-state index contributed by atoms with van der Waals surface area (Å²) in [6.07, 6.45) is 2.79. The van der Waals surface area contributed by atoms with Gasteiger partial charge in [0.2, 0.25) is 0 Å². The first kappa shape index (κ1) is 13.1. The van der Waals surface area contributed by atoms with E-state index in [1.807, 2.05) is 0 Å². The minimum Gasteiger partial charge on any atom is -0.381 e. The molecule has 4 nitrogen and oxygen atoms in total. The summed E-state index contributed by atoms with van der Waals surface area (Å²) in [5.74, 6) is 0.412. The average Bonchev–Trinajstić information content (AvgIpc) is 2.16. The summed E-state index contributed by atoms with van der Waals surface area (Å²) in [6.45, 7) is 1.01. The van der Waals surface area contributed by atoms with E-state index in [2.05, 4.69) is 14.1 Å². The van der Waals surface area contributed by atoms with E-state index >= 15 is 0 Å². The predicted molar refractivity (Wildman–Crippen MR) is 60.4 cm³/mol. The van der Waals surface area contributed by atoms with E-state index in [4.69, 9.17) is 9.29 Å². The van der Waals surface area contributed by atoms with Crippen molar-refractivity contribution in [1.29, 1.82) is 0 Å². The van der Waals surface area contributed by atoms with Crippen LogP contribution in [0.5, 0.6) is 0 Å². The van der Waals surface area contributed by atoms with E-state index in [-0.39, 0.29) is 11.4 Å². The third kappa shape index (κ3) is 3.83. The lowest BCUT2D eigenvalue weighted by Crippen LogP contribution is -3.06. The Morgan fingerprint density at radius 2 is 2.13 bits per heavy atom. The summed E-state index contributed by atoms with van der Waals surface area (Å²) in [5.41, 5.74) is 0. The van der Waals surface area contributed by atoms with Crippen LogP contribution in [-0.4, -0.2) is 47.9 Å². The fourth-order valence-electron chi connectivity index (χ4n) is 2.43. The fourth-order valence-corrected chi connectivity index (χ4v) is 3.18. The molecule has 0 aromatic heterocycles. The second-order valence-electron chi connectivity index (χ2n) is 4.66. The van der Waals surface area contributed by atoms with Crippen LogP contribution in [0.15, 0.2) is 0 Å². The van der Waals surface area contributed by atoms with E-state index < -0.39 is 11.1 Å². The van der Waals surface area contributed by atoms with Gasteiger partial charge >= 0.3 is 0 Å². The van der Waals surface area contributed by atoms with E-state index in [0.29, 0.717) is 5.92 Å². The van der Waals surface area contributed by atoms with Crippen LogP contribution < -0.4 is 4.90 Å². The molecule has 1 fully saturated rings. The second-order valence-corrected chi connectivity index (χ2v) is 5.88. The molecule has 90 valence electrons. The number of hydrogen-bond donors (Lipinski definition) is 2. The first-order valence-corrected chi connectivity index (χ1v) is 6.63. The van der Waals surface area contributed by atoms with Gasteiger partial charge in [0.05, 0.1) is 32.0 Å². The SMILES string of the molecule is COC1CCC(S(=O)O)CC1C[NH+](C)C. The highest BCUT2D eigenvalue weighted by atomic mass is 32.2. The fraction of sp³-hybridized carbons (Fsp3) is 1.00. The molecule has 4 unspecified atom stereocenters. The van der Waals surface area contributed by atoms with Gasteiger partial charge in [0, 0.05) is 13.0 Å². The Labute approximate surface area is 94.3 Å². The minimum atomic E-state index is -1.67. The smallest absolute Gasteiger partial charge is 0.155 e. The van der Waals surface area contributed by atoms with Gasteiger partial charge in [-0.05, 0) is 19.3 Å². The minimum absolute atomic E-state index is 0.0549. The van der Waals surface area contributed by atoms with Crippen molar-refractivity contribution in [3.63, 3.8) is 0 Å². The molecule has 5 heteroatoms. The molecule has 1 aliphatic rings. The van der Waals surface area contributed by atoms with Crippen LogP contribution in [0.1, 0.15) is 19.3 Å². The lowest BCUT2D eigenvalue weighted by Gasteiger charge is -2.33. The molecule has 1 saturated carbocycles. The van der Waals surface area contributed by atoms with Gasteiger partial charge in [0.15, 0.2) is 11.1 Å². The number of hydrogen-bond acceptors (Lipinski definition) is 2. The third-order valence-corrected chi connectivity index (χ3v) is 4.12. The van der Waals surface area contributed by atoms with Crippen molar-refractivity contribution >= 4 is 11.1 Å². The van der Waals surface area contributed by atoms with Crippen LogP contribution >= 0.6 is 0 Å². The number of rotatable bonds is 4. The molecule has 0 bridgehead atoms. The summed E-state index contributed by atoms with van der Waals surface area (Å²) >= 11 is -1.67. The Morgan fingerprint density at radius 3 is 2.60 bits per heavy atom. The summed E-state index contributed by atoms with van der Waals surface area (Å²) in [7, 11) is 5.94. The Bertz CT molecular complexity index is 223. The standard InChI is InChI=1S/C10H21NO3S/c1-11(2)7-8-6-9(15(12)13)4-5-10(8)14-3/h8-10H,4-7H2,1-3H3,(H,12,13)/p+1. The molecule has 0 heterocycles. The van der Waals surface area contributed by atoms with Crippen molar-refractivity contribution in [2.45, 2.75) is 30.6 Å². The molecule has 0 aromatic carbocycles. The maximum atomic E-state index is 11.0. The van der Waals surface area contributed by atoms with E-state index in [1.54, 1.807) is 7.11 Å². The van der Waals surface area contributed by atoms with Crippen LogP contribution in [-0.2, 0) is 15.8 Å². The maximum Gasteiger partial charge on any atom is 0.155 e. The molecule has 4 atom stereocenters. The van der Waals surface area contributed by atoms with Crippen LogP contribution in [0.25, 0.3) is 0 Å². The van der Waals surface area contributed by atoms with E-state index in [1.165, 1.54) is 4.90 Å². The van der Waals surface area contributed by atoms with Crippen LogP contribution in [0.2, 0.25) is 0 Å². The molecule has 0 saturated heterocycles. The largest absolute Gasteiger partial charge is 0.381 e. The highest BCUT2D eigenvalue weighted by Crippen LogP contribution is 2.28. The van der Waals surface area contributed by atoms with Crippen LogP contribution in [0.4, 0.5) is 0 Å². The predicted octanol–water partition coefficient (Wildman–Crippen LogP) is -0.464. The summed E-state index contributed by atoms with van der Waals surface area (Å²) < 4.78 is 25.6. The summed E-state index contributed by atoms with van der Waals surface area (Å²) in [6, 6.07) is 0.